The van der Waals surface area contributed by atoms with Gasteiger partial charge in [0, 0.05) is 18.6 Å². The molecule has 0 aliphatic carbocycles. The number of hydrogen-bond donors (Lipinski definition) is 0. The van der Waals surface area contributed by atoms with Crippen LogP contribution in [0.5, 0.6) is 0 Å². The van der Waals surface area contributed by atoms with E-state index >= 15 is 0 Å². The molecule has 0 saturated carbocycles. The summed E-state index contributed by atoms with van der Waals surface area (Å²) in [6.07, 6.45) is 8.82. The minimum absolute atomic E-state index is 0.394. The number of rotatable bonds is 2. The lowest BCUT2D eigenvalue weighted by Gasteiger charge is -2.06. The first-order chi connectivity index (χ1) is 6.77. The fourth-order valence-corrected chi connectivity index (χ4v) is 1.17. The lowest BCUT2D eigenvalue weighted by molar-refractivity contribution is 0.796. The van der Waals surface area contributed by atoms with E-state index in [-0.39, 0.29) is 0 Å². The zero-order valence-electron chi connectivity index (χ0n) is 8.25. The maximum Gasteiger partial charge on any atom is 0.156 e. The van der Waals surface area contributed by atoms with E-state index in [0.717, 1.165) is 11.5 Å². The molecule has 4 nitrogen and oxygen atoms in total. The lowest BCUT2D eigenvalue weighted by Crippen LogP contribution is -2.00. The predicted octanol–water partition coefficient (Wildman–Crippen LogP) is 1.79. The minimum atomic E-state index is 0.394. The molecular formula is C10H12N4. The van der Waals surface area contributed by atoms with Crippen LogP contribution < -0.4 is 0 Å². The average Bonchev–Trinajstić information content (AvgIpc) is 2.71. The van der Waals surface area contributed by atoms with Crippen molar-refractivity contribution in [2.45, 2.75) is 19.8 Å². The van der Waals surface area contributed by atoms with Crippen LogP contribution in [0.15, 0.2) is 31.1 Å². The fourth-order valence-electron chi connectivity index (χ4n) is 1.17. The smallest absolute Gasteiger partial charge is 0.156 e. The maximum absolute atomic E-state index is 4.48. The molecule has 2 rings (SSSR count). The number of nitrogens with zero attached hydrogens (tertiary/aromatic N) is 4. The van der Waals surface area contributed by atoms with E-state index in [0.29, 0.717) is 5.92 Å². The van der Waals surface area contributed by atoms with E-state index in [1.807, 2.05) is 10.8 Å². The Morgan fingerprint density at radius 1 is 1.21 bits per heavy atom. The molecule has 4 heteroatoms. The van der Waals surface area contributed by atoms with E-state index in [1.54, 1.807) is 24.9 Å². The van der Waals surface area contributed by atoms with Crippen LogP contribution in [-0.2, 0) is 0 Å². The Kier molecular flexibility index (Phi) is 2.26. The molecule has 0 N–H and O–H groups in total. The van der Waals surface area contributed by atoms with Gasteiger partial charge in [0.1, 0.15) is 6.33 Å². The largest absolute Gasteiger partial charge is 0.289 e. The highest BCUT2D eigenvalue weighted by molar-refractivity contribution is 5.20. The minimum Gasteiger partial charge on any atom is -0.289 e. The van der Waals surface area contributed by atoms with Crippen molar-refractivity contribution in [3.63, 3.8) is 0 Å². The van der Waals surface area contributed by atoms with Crippen LogP contribution >= 0.6 is 0 Å². The van der Waals surface area contributed by atoms with Gasteiger partial charge in [0.2, 0.25) is 0 Å². The highest BCUT2D eigenvalue weighted by atomic mass is 15.1. The molecule has 0 amide bonds. The van der Waals surface area contributed by atoms with Crippen LogP contribution in [0, 0.1) is 0 Å². The average molecular weight is 188 g/mol. The summed E-state index contributed by atoms with van der Waals surface area (Å²) in [5.74, 6) is 1.21. The summed E-state index contributed by atoms with van der Waals surface area (Å²) in [5.41, 5.74) is 0.996. The Bertz CT molecular complexity index is 406. The van der Waals surface area contributed by atoms with Crippen LogP contribution in [-0.4, -0.2) is 19.5 Å². The second-order valence-electron chi connectivity index (χ2n) is 3.43. The quantitative estimate of drug-likeness (QED) is 0.721. The highest BCUT2D eigenvalue weighted by Gasteiger charge is 2.03. The van der Waals surface area contributed by atoms with Crippen molar-refractivity contribution in [1.82, 2.24) is 19.5 Å². The van der Waals surface area contributed by atoms with Gasteiger partial charge in [0.05, 0.1) is 11.9 Å². The summed E-state index contributed by atoms with van der Waals surface area (Å²) in [6, 6.07) is 0. The molecule has 0 unspecified atom stereocenters. The maximum atomic E-state index is 4.48. The van der Waals surface area contributed by atoms with E-state index < -0.39 is 0 Å². The first kappa shape index (κ1) is 8.87. The molecule has 72 valence electrons. The third-order valence-corrected chi connectivity index (χ3v) is 2.00. The lowest BCUT2D eigenvalue weighted by atomic mass is 10.1. The Morgan fingerprint density at radius 3 is 2.71 bits per heavy atom. The van der Waals surface area contributed by atoms with Gasteiger partial charge in [-0.25, -0.2) is 9.97 Å². The number of hydrogen-bond acceptors (Lipinski definition) is 3. The Balaban J connectivity index is 2.41. The van der Waals surface area contributed by atoms with E-state index in [4.69, 9.17) is 0 Å². The van der Waals surface area contributed by atoms with Gasteiger partial charge in [-0.05, 0) is 5.92 Å². The highest BCUT2D eigenvalue weighted by Crippen LogP contribution is 2.11. The summed E-state index contributed by atoms with van der Waals surface area (Å²) in [5, 5.41) is 0. The van der Waals surface area contributed by atoms with E-state index in [9.17, 15) is 0 Å². The first-order valence-electron chi connectivity index (χ1n) is 4.57. The van der Waals surface area contributed by atoms with Crippen molar-refractivity contribution >= 4 is 0 Å². The molecule has 0 spiro atoms. The Morgan fingerprint density at radius 2 is 2.07 bits per heavy atom. The van der Waals surface area contributed by atoms with E-state index in [1.165, 1.54) is 0 Å². The van der Waals surface area contributed by atoms with Crippen LogP contribution in [0.25, 0.3) is 5.82 Å². The fraction of sp³-hybridized carbons (Fsp3) is 0.300. The molecule has 0 atom stereocenters. The van der Waals surface area contributed by atoms with Gasteiger partial charge in [-0.3, -0.25) is 9.55 Å². The summed E-state index contributed by atoms with van der Waals surface area (Å²) in [7, 11) is 0. The van der Waals surface area contributed by atoms with Gasteiger partial charge in [0.25, 0.3) is 0 Å². The van der Waals surface area contributed by atoms with Crippen molar-refractivity contribution in [3.8, 4) is 5.82 Å². The topological polar surface area (TPSA) is 43.6 Å². The molecule has 0 radical (unpaired) electrons. The molecular weight excluding hydrogens is 176 g/mol. The van der Waals surface area contributed by atoms with Crippen molar-refractivity contribution < 1.29 is 0 Å². The molecule has 0 saturated heterocycles. The SMILES string of the molecule is CC(C)c1cncc(-n2ccnc2)n1. The van der Waals surface area contributed by atoms with Crippen molar-refractivity contribution in [2.24, 2.45) is 0 Å². The molecule has 2 heterocycles. The van der Waals surface area contributed by atoms with Crippen molar-refractivity contribution in [2.75, 3.05) is 0 Å². The first-order valence-corrected chi connectivity index (χ1v) is 4.57. The van der Waals surface area contributed by atoms with Crippen LogP contribution in [0.1, 0.15) is 25.5 Å². The van der Waals surface area contributed by atoms with Gasteiger partial charge in [-0.1, -0.05) is 13.8 Å². The Hall–Kier alpha value is -1.71. The molecule has 0 bridgehead atoms. The molecule has 2 aromatic heterocycles. The van der Waals surface area contributed by atoms with Crippen LogP contribution in [0.4, 0.5) is 0 Å². The second-order valence-corrected chi connectivity index (χ2v) is 3.43. The van der Waals surface area contributed by atoms with Crippen LogP contribution in [0.2, 0.25) is 0 Å². The van der Waals surface area contributed by atoms with Gasteiger partial charge in [-0.2, -0.15) is 0 Å². The molecule has 0 aliphatic heterocycles. The summed E-state index contributed by atoms with van der Waals surface area (Å²) in [6.45, 7) is 4.20. The summed E-state index contributed by atoms with van der Waals surface area (Å²) < 4.78 is 1.85. The Labute approximate surface area is 82.7 Å². The van der Waals surface area contributed by atoms with Crippen LogP contribution in [0.3, 0.4) is 0 Å². The number of aromatic nitrogens is 4. The summed E-state index contributed by atoms with van der Waals surface area (Å²) >= 11 is 0. The van der Waals surface area contributed by atoms with Crippen molar-refractivity contribution in [3.05, 3.63) is 36.8 Å². The molecule has 0 aromatic carbocycles. The molecule has 14 heavy (non-hydrogen) atoms. The predicted molar refractivity (Wildman–Crippen MR) is 53.2 cm³/mol. The standard InChI is InChI=1S/C10H12N4/c1-8(2)9-5-12-6-10(13-9)14-4-3-11-7-14/h3-8H,1-2H3. The van der Waals surface area contributed by atoms with Gasteiger partial charge in [0.15, 0.2) is 5.82 Å². The monoisotopic (exact) mass is 188 g/mol. The second kappa shape index (κ2) is 3.57. The normalized spacial score (nSPS) is 10.8. The van der Waals surface area contributed by atoms with Gasteiger partial charge >= 0.3 is 0 Å². The molecule has 0 fully saturated rings. The third kappa shape index (κ3) is 1.64. The van der Waals surface area contributed by atoms with E-state index in [2.05, 4.69) is 28.8 Å². The summed E-state index contributed by atoms with van der Waals surface area (Å²) in [4.78, 5) is 12.6. The number of imidazole rings is 1. The third-order valence-electron chi connectivity index (χ3n) is 2.00. The molecule has 0 aliphatic rings. The zero-order valence-corrected chi connectivity index (χ0v) is 8.25. The zero-order chi connectivity index (χ0) is 9.97. The van der Waals surface area contributed by atoms with Gasteiger partial charge in [-0.15, -0.1) is 0 Å². The molecule has 2 aromatic rings. The van der Waals surface area contributed by atoms with Gasteiger partial charge < -0.3 is 0 Å². The van der Waals surface area contributed by atoms with Crippen molar-refractivity contribution in [1.29, 1.82) is 0 Å².